The van der Waals surface area contributed by atoms with E-state index in [1.165, 1.54) is 25.7 Å². The fourth-order valence-corrected chi connectivity index (χ4v) is 3.02. The van der Waals surface area contributed by atoms with Gasteiger partial charge in [-0.25, -0.2) is 9.37 Å². The number of nitrogen functional groups attached to an aromatic ring is 1. The highest BCUT2D eigenvalue weighted by Gasteiger charge is 2.15. The smallest absolute Gasteiger partial charge is 0.201 e. The van der Waals surface area contributed by atoms with Gasteiger partial charge in [0, 0.05) is 12.1 Å². The number of halogens is 2. The number of nitrogens with zero attached hydrogens (tertiary/aromatic N) is 2. The monoisotopic (exact) mass is 389 g/mol. The summed E-state index contributed by atoms with van der Waals surface area (Å²) in [5.41, 5.74) is 7.58. The molecule has 2 rings (SSSR count). The van der Waals surface area contributed by atoms with Crippen LogP contribution in [0.1, 0.15) is 52.0 Å². The van der Waals surface area contributed by atoms with Crippen molar-refractivity contribution in [3.05, 3.63) is 21.5 Å². The molecule has 1 aromatic heterocycles. The van der Waals surface area contributed by atoms with Crippen LogP contribution < -0.4 is 5.73 Å². The topological polar surface area (TPSA) is 43.8 Å². The Hall–Kier alpha value is -0.850. The van der Waals surface area contributed by atoms with Crippen LogP contribution in [0.5, 0.6) is 0 Å². The molecule has 2 aromatic rings. The highest BCUT2D eigenvalue weighted by Crippen LogP contribution is 2.28. The minimum atomic E-state index is -0.211. The molecule has 0 fully saturated rings. The Balaban J connectivity index is 2.24. The summed E-state index contributed by atoms with van der Waals surface area (Å²) in [6, 6.07) is 3.54. The highest BCUT2D eigenvalue weighted by molar-refractivity contribution is 14.1. The van der Waals surface area contributed by atoms with Crippen molar-refractivity contribution in [3.63, 3.8) is 0 Å². The molecule has 0 saturated heterocycles. The molecule has 2 N–H and O–H groups in total. The van der Waals surface area contributed by atoms with Crippen molar-refractivity contribution in [3.8, 4) is 0 Å². The normalized spacial score (nSPS) is 13.0. The van der Waals surface area contributed by atoms with Gasteiger partial charge in [-0.1, -0.05) is 32.6 Å². The molecule has 5 heteroatoms. The third-order valence-corrected chi connectivity index (χ3v) is 4.50. The summed E-state index contributed by atoms with van der Waals surface area (Å²) in [4.78, 5) is 4.35. The number of nitrogens with two attached hydrogens (primary N) is 1. The Morgan fingerprint density at radius 2 is 2.10 bits per heavy atom. The highest BCUT2D eigenvalue weighted by atomic mass is 127. The number of rotatable bonds is 6. The number of fused-ring (bicyclic) bond motifs is 1. The van der Waals surface area contributed by atoms with Crippen LogP contribution in [0.3, 0.4) is 0 Å². The molecule has 0 spiro atoms. The Morgan fingerprint density at radius 1 is 1.35 bits per heavy atom. The molecule has 20 heavy (non-hydrogen) atoms. The molecule has 0 aliphatic heterocycles. The van der Waals surface area contributed by atoms with Gasteiger partial charge in [-0.05, 0) is 42.0 Å². The van der Waals surface area contributed by atoms with Crippen molar-refractivity contribution >= 4 is 39.6 Å². The van der Waals surface area contributed by atoms with Crippen LogP contribution in [0.25, 0.3) is 11.0 Å². The second-order valence-electron chi connectivity index (χ2n) is 5.29. The summed E-state index contributed by atoms with van der Waals surface area (Å²) in [6.07, 6.45) is 5.94. The van der Waals surface area contributed by atoms with Crippen LogP contribution >= 0.6 is 22.6 Å². The Kier molecular flexibility index (Phi) is 5.23. The van der Waals surface area contributed by atoms with E-state index in [0.29, 0.717) is 9.52 Å². The maximum absolute atomic E-state index is 13.8. The largest absolute Gasteiger partial charge is 0.369 e. The molecule has 1 heterocycles. The van der Waals surface area contributed by atoms with Gasteiger partial charge in [0.05, 0.1) is 14.6 Å². The third kappa shape index (κ3) is 3.24. The van der Waals surface area contributed by atoms with Crippen molar-refractivity contribution in [1.82, 2.24) is 9.55 Å². The van der Waals surface area contributed by atoms with Gasteiger partial charge in [-0.15, -0.1) is 0 Å². The van der Waals surface area contributed by atoms with Gasteiger partial charge >= 0.3 is 0 Å². The SMILES string of the molecule is CCCCCCC(C)n1c(N)nc2cc(I)c(F)cc21. The fraction of sp³-hybridized carbons (Fsp3) is 0.533. The zero-order valence-corrected chi connectivity index (χ0v) is 14.2. The molecule has 0 saturated carbocycles. The summed E-state index contributed by atoms with van der Waals surface area (Å²) in [6.45, 7) is 4.33. The van der Waals surface area contributed by atoms with E-state index in [-0.39, 0.29) is 11.9 Å². The van der Waals surface area contributed by atoms with Crippen molar-refractivity contribution in [1.29, 1.82) is 0 Å². The zero-order chi connectivity index (χ0) is 14.7. The predicted octanol–water partition coefficient (Wildman–Crippen LogP) is 4.89. The van der Waals surface area contributed by atoms with Crippen molar-refractivity contribution < 1.29 is 4.39 Å². The third-order valence-electron chi connectivity index (χ3n) is 3.68. The van der Waals surface area contributed by atoms with Crippen LogP contribution in [-0.2, 0) is 0 Å². The molecule has 0 aliphatic rings. The maximum atomic E-state index is 13.8. The molecular weight excluding hydrogens is 368 g/mol. The van der Waals surface area contributed by atoms with Crippen LogP contribution in [0.4, 0.5) is 10.3 Å². The first-order chi connectivity index (χ1) is 9.54. The molecule has 1 unspecified atom stereocenters. The van der Waals surface area contributed by atoms with Gasteiger partial charge in [-0.2, -0.15) is 0 Å². The molecule has 0 amide bonds. The van der Waals surface area contributed by atoms with Crippen LogP contribution in [-0.4, -0.2) is 9.55 Å². The van der Waals surface area contributed by atoms with Crippen LogP contribution in [0, 0.1) is 9.39 Å². The lowest BCUT2D eigenvalue weighted by atomic mass is 10.1. The number of anilines is 1. The Morgan fingerprint density at radius 3 is 2.80 bits per heavy atom. The second-order valence-corrected chi connectivity index (χ2v) is 6.46. The number of unbranched alkanes of at least 4 members (excludes halogenated alkanes) is 3. The molecule has 1 aromatic carbocycles. The van der Waals surface area contributed by atoms with Crippen molar-refractivity contribution in [2.75, 3.05) is 5.73 Å². The predicted molar refractivity (Wildman–Crippen MR) is 90.3 cm³/mol. The lowest BCUT2D eigenvalue weighted by molar-refractivity contribution is 0.486. The maximum Gasteiger partial charge on any atom is 0.201 e. The summed E-state index contributed by atoms with van der Waals surface area (Å²) in [7, 11) is 0. The molecule has 0 bridgehead atoms. The molecule has 1 atom stereocenters. The second kappa shape index (κ2) is 6.74. The number of aromatic nitrogens is 2. The summed E-state index contributed by atoms with van der Waals surface area (Å²) >= 11 is 1.98. The molecule has 0 radical (unpaired) electrons. The lowest BCUT2D eigenvalue weighted by Crippen LogP contribution is -2.09. The van der Waals surface area contributed by atoms with E-state index in [1.54, 1.807) is 12.1 Å². The van der Waals surface area contributed by atoms with Crippen LogP contribution in [0.2, 0.25) is 0 Å². The summed E-state index contributed by atoms with van der Waals surface area (Å²) in [5.74, 6) is 0.266. The van der Waals surface area contributed by atoms with Gasteiger partial charge in [0.25, 0.3) is 0 Å². The summed E-state index contributed by atoms with van der Waals surface area (Å²) in [5, 5.41) is 0. The first kappa shape index (κ1) is 15.5. The van der Waals surface area contributed by atoms with E-state index >= 15 is 0 Å². The van der Waals surface area contributed by atoms with Gasteiger partial charge < -0.3 is 10.3 Å². The quantitative estimate of drug-likeness (QED) is 0.565. The van der Waals surface area contributed by atoms with Gasteiger partial charge in [0.15, 0.2) is 0 Å². The zero-order valence-electron chi connectivity index (χ0n) is 12.0. The van der Waals surface area contributed by atoms with E-state index in [1.807, 2.05) is 27.2 Å². The number of imidazole rings is 1. The van der Waals surface area contributed by atoms with Gasteiger partial charge in [0.2, 0.25) is 5.95 Å². The first-order valence-electron chi connectivity index (χ1n) is 7.17. The Labute approximate surface area is 132 Å². The number of hydrogen-bond acceptors (Lipinski definition) is 2. The first-order valence-corrected chi connectivity index (χ1v) is 8.25. The van der Waals surface area contributed by atoms with E-state index in [0.717, 1.165) is 17.5 Å². The van der Waals surface area contributed by atoms with Gasteiger partial charge in [0.1, 0.15) is 5.82 Å². The number of hydrogen-bond donors (Lipinski definition) is 1. The molecule has 110 valence electrons. The lowest BCUT2D eigenvalue weighted by Gasteiger charge is -2.16. The molecular formula is C15H21FIN3. The average Bonchev–Trinajstić information content (AvgIpc) is 2.70. The molecule has 3 nitrogen and oxygen atoms in total. The van der Waals surface area contributed by atoms with E-state index in [2.05, 4.69) is 18.8 Å². The summed E-state index contributed by atoms with van der Waals surface area (Å²) < 4.78 is 16.3. The standard InChI is InChI=1S/C15H21FIN3/c1-3-4-5-6-7-10(2)20-14-8-11(16)12(17)9-13(14)19-15(20)18/h8-10H,3-7H2,1-2H3,(H2,18,19). The van der Waals surface area contributed by atoms with E-state index in [9.17, 15) is 4.39 Å². The Bertz CT molecular complexity index is 594. The fourth-order valence-electron chi connectivity index (χ4n) is 2.57. The van der Waals surface area contributed by atoms with E-state index < -0.39 is 0 Å². The number of benzene rings is 1. The molecule has 0 aliphatic carbocycles. The van der Waals surface area contributed by atoms with Gasteiger partial charge in [-0.3, -0.25) is 0 Å². The van der Waals surface area contributed by atoms with E-state index in [4.69, 9.17) is 5.73 Å². The van der Waals surface area contributed by atoms with Crippen molar-refractivity contribution in [2.45, 2.75) is 52.0 Å². The van der Waals surface area contributed by atoms with Crippen molar-refractivity contribution in [2.24, 2.45) is 0 Å². The minimum absolute atomic E-state index is 0.211. The average molecular weight is 389 g/mol. The van der Waals surface area contributed by atoms with Crippen LogP contribution in [0.15, 0.2) is 12.1 Å². The minimum Gasteiger partial charge on any atom is -0.369 e.